The number of hydrogen-bond acceptors (Lipinski definition) is 3. The van der Waals surface area contributed by atoms with Gasteiger partial charge in [-0.25, -0.2) is 9.97 Å². The number of aromatic nitrogens is 3. The predicted octanol–water partition coefficient (Wildman–Crippen LogP) is 3.20. The van der Waals surface area contributed by atoms with E-state index in [0.717, 1.165) is 23.2 Å². The summed E-state index contributed by atoms with van der Waals surface area (Å²) in [6.07, 6.45) is 12.0. The number of imidazole rings is 1. The number of halogens is 1. The highest BCUT2D eigenvalue weighted by Gasteiger charge is 2.15. The lowest BCUT2D eigenvalue weighted by Crippen LogP contribution is -2.19. The van der Waals surface area contributed by atoms with Gasteiger partial charge in [-0.3, -0.25) is 4.40 Å². The first-order valence-electron chi connectivity index (χ1n) is 5.98. The molecule has 0 N–H and O–H groups in total. The third-order valence-corrected chi connectivity index (χ3v) is 3.74. The standard InChI is InChI=1S/C12H14BrN3O/c13-11-7-15-12-14-6-10(8-16(11)12)17-9-4-2-1-3-5-9/h6-9H,1-5H2. The minimum absolute atomic E-state index is 0.352. The van der Waals surface area contributed by atoms with Crippen molar-refractivity contribution >= 4 is 21.7 Å². The van der Waals surface area contributed by atoms with E-state index in [4.69, 9.17) is 4.74 Å². The van der Waals surface area contributed by atoms with Gasteiger partial charge in [0.15, 0.2) is 5.75 Å². The average molecular weight is 296 g/mol. The first-order chi connectivity index (χ1) is 8.33. The van der Waals surface area contributed by atoms with Gasteiger partial charge in [0.05, 0.1) is 24.7 Å². The average Bonchev–Trinajstić information content (AvgIpc) is 2.73. The molecular weight excluding hydrogens is 282 g/mol. The molecule has 0 unspecified atom stereocenters. The number of fused-ring (bicyclic) bond motifs is 1. The molecule has 2 aromatic heterocycles. The maximum absolute atomic E-state index is 5.96. The van der Waals surface area contributed by atoms with E-state index in [1.54, 1.807) is 12.4 Å². The van der Waals surface area contributed by atoms with Crippen LogP contribution in [-0.4, -0.2) is 20.5 Å². The second-order valence-corrected chi connectivity index (χ2v) is 5.23. The molecule has 17 heavy (non-hydrogen) atoms. The monoisotopic (exact) mass is 295 g/mol. The fourth-order valence-corrected chi connectivity index (χ4v) is 2.63. The Hall–Kier alpha value is -1.10. The molecule has 0 atom stereocenters. The summed E-state index contributed by atoms with van der Waals surface area (Å²) in [5, 5.41) is 0. The number of rotatable bonds is 2. The van der Waals surface area contributed by atoms with Gasteiger partial charge in [-0.2, -0.15) is 0 Å². The Morgan fingerprint density at radius 3 is 2.76 bits per heavy atom. The van der Waals surface area contributed by atoms with Crippen LogP contribution in [0.4, 0.5) is 0 Å². The van der Waals surface area contributed by atoms with Crippen LogP contribution < -0.4 is 4.74 Å². The van der Waals surface area contributed by atoms with Gasteiger partial charge in [-0.15, -0.1) is 0 Å². The Kier molecular flexibility index (Phi) is 3.01. The van der Waals surface area contributed by atoms with Crippen molar-refractivity contribution in [3.63, 3.8) is 0 Å². The molecule has 4 nitrogen and oxygen atoms in total. The van der Waals surface area contributed by atoms with Gasteiger partial charge in [0.1, 0.15) is 4.60 Å². The topological polar surface area (TPSA) is 39.4 Å². The van der Waals surface area contributed by atoms with Crippen LogP contribution in [0.15, 0.2) is 23.2 Å². The van der Waals surface area contributed by atoms with Crippen molar-refractivity contribution in [1.29, 1.82) is 0 Å². The Morgan fingerprint density at radius 1 is 1.18 bits per heavy atom. The van der Waals surface area contributed by atoms with Crippen LogP contribution in [0.5, 0.6) is 5.75 Å². The zero-order chi connectivity index (χ0) is 11.7. The first-order valence-corrected chi connectivity index (χ1v) is 6.77. The smallest absolute Gasteiger partial charge is 0.234 e. The van der Waals surface area contributed by atoms with Crippen molar-refractivity contribution in [2.45, 2.75) is 38.2 Å². The van der Waals surface area contributed by atoms with Gasteiger partial charge >= 0.3 is 0 Å². The normalized spacial score (nSPS) is 17.5. The lowest BCUT2D eigenvalue weighted by atomic mass is 9.98. The van der Waals surface area contributed by atoms with Gasteiger partial charge in [-0.05, 0) is 41.6 Å². The summed E-state index contributed by atoms with van der Waals surface area (Å²) in [5.74, 6) is 1.51. The molecule has 0 aliphatic heterocycles. The van der Waals surface area contributed by atoms with E-state index in [2.05, 4.69) is 25.9 Å². The summed E-state index contributed by atoms with van der Waals surface area (Å²) >= 11 is 3.43. The van der Waals surface area contributed by atoms with Crippen molar-refractivity contribution in [3.8, 4) is 5.75 Å². The van der Waals surface area contributed by atoms with E-state index < -0.39 is 0 Å². The van der Waals surface area contributed by atoms with Gasteiger partial charge in [0, 0.05) is 0 Å². The van der Waals surface area contributed by atoms with E-state index in [-0.39, 0.29) is 0 Å². The minimum atomic E-state index is 0.352. The van der Waals surface area contributed by atoms with E-state index in [0.29, 0.717) is 11.9 Å². The molecule has 5 heteroatoms. The van der Waals surface area contributed by atoms with Crippen LogP contribution in [-0.2, 0) is 0 Å². The number of ether oxygens (including phenoxy) is 1. The summed E-state index contributed by atoms with van der Waals surface area (Å²) in [5.41, 5.74) is 0. The SMILES string of the molecule is Brc1cnc2ncc(OC3CCCCC3)cn12. The van der Waals surface area contributed by atoms with E-state index in [9.17, 15) is 0 Å². The van der Waals surface area contributed by atoms with E-state index >= 15 is 0 Å². The zero-order valence-corrected chi connectivity index (χ0v) is 11.1. The van der Waals surface area contributed by atoms with Crippen molar-refractivity contribution in [3.05, 3.63) is 23.2 Å². The third kappa shape index (κ3) is 2.29. The summed E-state index contributed by atoms with van der Waals surface area (Å²) in [6, 6.07) is 0. The number of nitrogens with zero attached hydrogens (tertiary/aromatic N) is 3. The fourth-order valence-electron chi connectivity index (χ4n) is 2.26. The van der Waals surface area contributed by atoms with Gasteiger partial charge in [0.2, 0.25) is 5.78 Å². The maximum Gasteiger partial charge on any atom is 0.234 e. The molecule has 1 aliphatic carbocycles. The van der Waals surface area contributed by atoms with Crippen molar-refractivity contribution < 1.29 is 4.74 Å². The molecule has 1 fully saturated rings. The van der Waals surface area contributed by atoms with Crippen LogP contribution in [0.2, 0.25) is 0 Å². The van der Waals surface area contributed by atoms with Crippen molar-refractivity contribution in [2.75, 3.05) is 0 Å². The summed E-state index contributed by atoms with van der Waals surface area (Å²) in [4.78, 5) is 8.42. The molecule has 90 valence electrons. The van der Waals surface area contributed by atoms with E-state index in [1.807, 2.05) is 10.6 Å². The van der Waals surface area contributed by atoms with E-state index in [1.165, 1.54) is 19.3 Å². The lowest BCUT2D eigenvalue weighted by molar-refractivity contribution is 0.153. The predicted molar refractivity (Wildman–Crippen MR) is 68.2 cm³/mol. The molecule has 1 aliphatic rings. The molecule has 0 aromatic carbocycles. The molecule has 0 bridgehead atoms. The van der Waals surface area contributed by atoms with Gasteiger partial charge < -0.3 is 4.74 Å². The molecule has 0 spiro atoms. The third-order valence-electron chi connectivity index (χ3n) is 3.15. The minimum Gasteiger partial charge on any atom is -0.487 e. The molecule has 2 aromatic rings. The lowest BCUT2D eigenvalue weighted by Gasteiger charge is -2.22. The van der Waals surface area contributed by atoms with Gasteiger partial charge in [0.25, 0.3) is 0 Å². The Balaban J connectivity index is 1.82. The first kappa shape index (κ1) is 11.0. The largest absolute Gasteiger partial charge is 0.487 e. The molecular formula is C12H14BrN3O. The molecule has 0 radical (unpaired) electrons. The fraction of sp³-hybridized carbons (Fsp3) is 0.500. The highest BCUT2D eigenvalue weighted by Crippen LogP contribution is 2.23. The molecule has 3 rings (SSSR count). The number of hydrogen-bond donors (Lipinski definition) is 0. The second kappa shape index (κ2) is 4.64. The van der Waals surface area contributed by atoms with Crippen LogP contribution in [0.1, 0.15) is 32.1 Å². The van der Waals surface area contributed by atoms with Crippen LogP contribution in [0.3, 0.4) is 0 Å². The molecule has 2 heterocycles. The Morgan fingerprint density at radius 2 is 1.94 bits per heavy atom. The van der Waals surface area contributed by atoms with Crippen LogP contribution in [0, 0.1) is 0 Å². The van der Waals surface area contributed by atoms with Crippen molar-refractivity contribution in [2.24, 2.45) is 0 Å². The van der Waals surface area contributed by atoms with Crippen LogP contribution >= 0.6 is 15.9 Å². The highest BCUT2D eigenvalue weighted by atomic mass is 79.9. The second-order valence-electron chi connectivity index (χ2n) is 4.42. The molecule has 1 saturated carbocycles. The van der Waals surface area contributed by atoms with Crippen LogP contribution in [0.25, 0.3) is 5.78 Å². The molecule has 0 saturated heterocycles. The Bertz CT molecular complexity index is 519. The Labute approximate surface area is 108 Å². The highest BCUT2D eigenvalue weighted by molar-refractivity contribution is 9.10. The van der Waals surface area contributed by atoms with Crippen molar-refractivity contribution in [1.82, 2.24) is 14.4 Å². The summed E-state index contributed by atoms with van der Waals surface area (Å²) < 4.78 is 8.74. The van der Waals surface area contributed by atoms with Gasteiger partial charge in [-0.1, -0.05) is 6.42 Å². The zero-order valence-electron chi connectivity index (χ0n) is 9.47. The maximum atomic E-state index is 5.96. The summed E-state index contributed by atoms with van der Waals surface area (Å²) in [7, 11) is 0. The molecule has 0 amide bonds. The quantitative estimate of drug-likeness (QED) is 0.854. The summed E-state index contributed by atoms with van der Waals surface area (Å²) in [6.45, 7) is 0.